The zero-order chi connectivity index (χ0) is 10.2. The molecule has 1 aliphatic heterocycles. The maximum atomic E-state index is 11.8. The summed E-state index contributed by atoms with van der Waals surface area (Å²) in [6.07, 6.45) is 1.12. The van der Waals surface area contributed by atoms with Crippen molar-refractivity contribution in [3.8, 4) is 0 Å². The van der Waals surface area contributed by atoms with Crippen LogP contribution in [0.5, 0.6) is 0 Å². The Bertz CT molecular complexity index is 213. The van der Waals surface area contributed by atoms with Gasteiger partial charge in [0.15, 0.2) is 0 Å². The molecule has 0 aromatic carbocycles. The Morgan fingerprint density at radius 3 is 2.38 bits per heavy atom. The summed E-state index contributed by atoms with van der Waals surface area (Å²) in [5, 5.41) is 0.620. The van der Waals surface area contributed by atoms with Crippen LogP contribution < -0.4 is 0 Å². The summed E-state index contributed by atoms with van der Waals surface area (Å²) in [7, 11) is 0. The topological polar surface area (TPSA) is 20.3 Å². The van der Waals surface area contributed by atoms with E-state index in [1.807, 2.05) is 4.90 Å². The van der Waals surface area contributed by atoms with Gasteiger partial charge in [-0.2, -0.15) is 0 Å². The molecule has 1 aliphatic rings. The van der Waals surface area contributed by atoms with Crippen LogP contribution in [-0.4, -0.2) is 27.0 Å². The highest BCUT2D eigenvalue weighted by molar-refractivity contribution is 8.14. The molecule has 1 heterocycles. The zero-order valence-corrected chi connectivity index (χ0v) is 9.94. The van der Waals surface area contributed by atoms with Gasteiger partial charge in [0.05, 0.1) is 0 Å². The van der Waals surface area contributed by atoms with Crippen LogP contribution in [0.3, 0.4) is 0 Å². The second kappa shape index (κ2) is 3.52. The minimum absolute atomic E-state index is 0.0817. The molecule has 0 spiro atoms. The highest BCUT2D eigenvalue weighted by Crippen LogP contribution is 2.38. The van der Waals surface area contributed by atoms with Crippen molar-refractivity contribution in [3.05, 3.63) is 0 Å². The second-order valence-electron chi connectivity index (χ2n) is 4.67. The molecule has 3 heteroatoms. The number of amides is 1. The van der Waals surface area contributed by atoms with E-state index in [0.29, 0.717) is 11.3 Å². The lowest BCUT2D eigenvalue weighted by Gasteiger charge is -2.53. The van der Waals surface area contributed by atoms with E-state index in [9.17, 15) is 4.79 Å². The molecular weight excluding hydrogens is 182 g/mol. The number of hydrogen-bond donors (Lipinski definition) is 0. The summed E-state index contributed by atoms with van der Waals surface area (Å²) in [6, 6.07) is 0.425. The number of rotatable bonds is 1. The van der Waals surface area contributed by atoms with Crippen LogP contribution in [-0.2, 0) is 0 Å². The molecule has 0 aliphatic carbocycles. The van der Waals surface area contributed by atoms with E-state index >= 15 is 0 Å². The predicted molar refractivity (Wildman–Crippen MR) is 58.1 cm³/mol. The largest absolute Gasteiger partial charge is 0.326 e. The van der Waals surface area contributed by atoms with Crippen LogP contribution in [0.1, 0.15) is 41.0 Å². The molecule has 76 valence electrons. The van der Waals surface area contributed by atoms with Crippen molar-refractivity contribution in [2.75, 3.05) is 0 Å². The monoisotopic (exact) mass is 201 g/mol. The van der Waals surface area contributed by atoms with Crippen LogP contribution in [0.2, 0.25) is 0 Å². The van der Waals surface area contributed by atoms with E-state index in [0.717, 1.165) is 6.42 Å². The summed E-state index contributed by atoms with van der Waals surface area (Å²) >= 11 is 1.43. The van der Waals surface area contributed by atoms with Gasteiger partial charge in [-0.3, -0.25) is 4.79 Å². The van der Waals surface area contributed by atoms with Gasteiger partial charge in [-0.15, -0.1) is 0 Å². The number of carbonyl (C=O) groups is 1. The van der Waals surface area contributed by atoms with Gasteiger partial charge < -0.3 is 4.90 Å². The van der Waals surface area contributed by atoms with Crippen molar-refractivity contribution in [3.63, 3.8) is 0 Å². The van der Waals surface area contributed by atoms with Gasteiger partial charge in [0, 0.05) is 16.8 Å². The van der Waals surface area contributed by atoms with Crippen LogP contribution in [0, 0.1) is 0 Å². The molecule has 1 amide bonds. The molecular formula is C10H19NOS. The van der Waals surface area contributed by atoms with Crippen molar-refractivity contribution in [1.82, 2.24) is 4.90 Å². The Labute approximate surface area is 85.1 Å². The Balaban J connectivity index is 2.56. The van der Waals surface area contributed by atoms with Crippen molar-refractivity contribution >= 4 is 17.0 Å². The van der Waals surface area contributed by atoms with Gasteiger partial charge >= 0.3 is 0 Å². The lowest BCUT2D eigenvalue weighted by Crippen LogP contribution is -2.62. The molecule has 1 unspecified atom stereocenters. The lowest BCUT2D eigenvalue weighted by molar-refractivity contribution is 0.0135. The van der Waals surface area contributed by atoms with E-state index in [1.165, 1.54) is 11.8 Å². The highest BCUT2D eigenvalue weighted by Gasteiger charge is 2.45. The van der Waals surface area contributed by atoms with Gasteiger partial charge in [-0.1, -0.05) is 25.6 Å². The molecule has 1 atom stereocenters. The summed E-state index contributed by atoms with van der Waals surface area (Å²) < 4.78 is 0. The number of hydrogen-bond acceptors (Lipinski definition) is 2. The Morgan fingerprint density at radius 1 is 1.54 bits per heavy atom. The first-order chi connectivity index (χ1) is 5.84. The Morgan fingerprint density at radius 2 is 2.08 bits per heavy atom. The first-order valence-electron chi connectivity index (χ1n) is 4.84. The van der Waals surface area contributed by atoms with Crippen LogP contribution >= 0.6 is 11.8 Å². The molecule has 0 bridgehead atoms. The average Bonchev–Trinajstić information content (AvgIpc) is 1.80. The molecule has 0 N–H and O–H groups in total. The summed E-state index contributed by atoms with van der Waals surface area (Å²) in [5.74, 6) is 0. The van der Waals surface area contributed by atoms with E-state index in [1.54, 1.807) is 0 Å². The normalized spacial score (nSPS) is 26.0. The van der Waals surface area contributed by atoms with E-state index in [-0.39, 0.29) is 10.8 Å². The number of thioether (sulfide) groups is 1. The molecule has 2 nitrogen and oxygen atoms in total. The third-order valence-electron chi connectivity index (χ3n) is 2.42. The minimum atomic E-state index is 0.0817. The van der Waals surface area contributed by atoms with E-state index in [2.05, 4.69) is 34.6 Å². The van der Waals surface area contributed by atoms with Crippen LogP contribution in [0.15, 0.2) is 0 Å². The summed E-state index contributed by atoms with van der Waals surface area (Å²) in [5.41, 5.74) is 0.0817. The van der Waals surface area contributed by atoms with Gasteiger partial charge in [0.2, 0.25) is 0 Å². The van der Waals surface area contributed by atoms with Crippen LogP contribution in [0.25, 0.3) is 0 Å². The smallest absolute Gasteiger partial charge is 0.282 e. The summed E-state index contributed by atoms with van der Waals surface area (Å²) in [6.45, 7) is 10.5. The zero-order valence-electron chi connectivity index (χ0n) is 9.13. The lowest BCUT2D eigenvalue weighted by atomic mass is 9.83. The molecule has 0 saturated carbocycles. The van der Waals surface area contributed by atoms with Gasteiger partial charge in [0.1, 0.15) is 0 Å². The SMILES string of the molecule is CC(C)SC(=O)N1C(C)CC1(C)C. The fourth-order valence-corrected chi connectivity index (χ4v) is 3.03. The van der Waals surface area contributed by atoms with Crippen molar-refractivity contribution in [2.45, 2.75) is 57.9 Å². The van der Waals surface area contributed by atoms with Crippen molar-refractivity contribution in [1.29, 1.82) is 0 Å². The molecule has 0 aromatic rings. The van der Waals surface area contributed by atoms with E-state index < -0.39 is 0 Å². The van der Waals surface area contributed by atoms with Crippen LogP contribution in [0.4, 0.5) is 4.79 Å². The summed E-state index contributed by atoms with van der Waals surface area (Å²) in [4.78, 5) is 13.7. The van der Waals surface area contributed by atoms with Crippen molar-refractivity contribution in [2.24, 2.45) is 0 Å². The fourth-order valence-electron chi connectivity index (χ4n) is 2.08. The van der Waals surface area contributed by atoms with Crippen molar-refractivity contribution < 1.29 is 4.79 Å². The average molecular weight is 201 g/mol. The fraction of sp³-hybridized carbons (Fsp3) is 0.900. The van der Waals surface area contributed by atoms with Gasteiger partial charge in [-0.25, -0.2) is 0 Å². The number of carbonyl (C=O) groups excluding carboxylic acids is 1. The highest BCUT2D eigenvalue weighted by atomic mass is 32.2. The predicted octanol–water partition coefficient (Wildman–Crippen LogP) is 3.12. The third-order valence-corrected chi connectivity index (χ3v) is 3.29. The Kier molecular flexibility index (Phi) is 2.95. The number of nitrogens with zero attached hydrogens (tertiary/aromatic N) is 1. The molecule has 1 rings (SSSR count). The number of likely N-dealkylation sites (tertiary alicyclic amines) is 1. The maximum absolute atomic E-state index is 11.8. The molecule has 1 saturated heterocycles. The second-order valence-corrected chi connectivity index (χ2v) is 6.20. The molecule has 0 aromatic heterocycles. The Hall–Kier alpha value is -0.180. The van der Waals surface area contributed by atoms with Gasteiger partial charge in [0.25, 0.3) is 5.24 Å². The first kappa shape index (κ1) is 10.9. The molecule has 13 heavy (non-hydrogen) atoms. The minimum Gasteiger partial charge on any atom is -0.326 e. The molecule has 0 radical (unpaired) electrons. The van der Waals surface area contributed by atoms with Gasteiger partial charge in [-0.05, 0) is 27.2 Å². The van der Waals surface area contributed by atoms with E-state index in [4.69, 9.17) is 0 Å². The quantitative estimate of drug-likeness (QED) is 0.649. The maximum Gasteiger partial charge on any atom is 0.282 e. The molecule has 1 fully saturated rings. The standard InChI is InChI=1S/C10H19NOS/c1-7(2)13-9(12)11-8(3)6-10(11,4)5/h7-8H,6H2,1-5H3. The first-order valence-corrected chi connectivity index (χ1v) is 5.72. The third kappa shape index (κ3) is 2.19.